The van der Waals surface area contributed by atoms with Crippen molar-refractivity contribution in [2.75, 3.05) is 34.2 Å². The second kappa shape index (κ2) is 10.1. The molecule has 2 aliphatic heterocycles. The highest BCUT2D eigenvalue weighted by Gasteiger charge is 2.41. The van der Waals surface area contributed by atoms with Gasteiger partial charge in [0, 0.05) is 36.4 Å². The predicted molar refractivity (Wildman–Crippen MR) is 131 cm³/mol. The molecule has 2 atom stereocenters. The number of allylic oxidation sites excluding steroid dienone is 3. The van der Waals surface area contributed by atoms with E-state index in [9.17, 15) is 9.59 Å². The van der Waals surface area contributed by atoms with E-state index in [1.807, 2.05) is 49.4 Å². The van der Waals surface area contributed by atoms with E-state index in [2.05, 4.69) is 5.32 Å². The number of esters is 1. The van der Waals surface area contributed by atoms with Gasteiger partial charge in [-0.05, 0) is 54.7 Å². The predicted octanol–water partition coefficient (Wildman–Crippen LogP) is 3.98. The summed E-state index contributed by atoms with van der Waals surface area (Å²) >= 11 is 0. The number of hydrogen-bond donors (Lipinski definition) is 1. The van der Waals surface area contributed by atoms with Gasteiger partial charge in [0.1, 0.15) is 12.4 Å². The first-order valence-corrected chi connectivity index (χ1v) is 11.9. The number of nitrogens with one attached hydrogen (secondary N) is 1. The molecule has 36 heavy (non-hydrogen) atoms. The third-order valence-corrected chi connectivity index (χ3v) is 6.89. The highest BCUT2D eigenvalue weighted by molar-refractivity contribution is 6.04. The Labute approximate surface area is 209 Å². The molecule has 5 rings (SSSR count). The molecular weight excluding hydrogens is 462 g/mol. The van der Waals surface area contributed by atoms with Crippen LogP contribution in [0.2, 0.25) is 0 Å². The van der Waals surface area contributed by atoms with Gasteiger partial charge in [-0.3, -0.25) is 4.79 Å². The lowest BCUT2D eigenvalue weighted by molar-refractivity contribution is -0.140. The molecule has 2 aromatic rings. The molecule has 0 radical (unpaired) electrons. The van der Waals surface area contributed by atoms with Crippen LogP contribution >= 0.6 is 0 Å². The first-order valence-electron chi connectivity index (χ1n) is 11.9. The molecule has 0 unspecified atom stereocenters. The van der Waals surface area contributed by atoms with Crippen molar-refractivity contribution in [1.29, 1.82) is 0 Å². The summed E-state index contributed by atoms with van der Waals surface area (Å²) in [6.07, 6.45) is 0.997. The summed E-state index contributed by atoms with van der Waals surface area (Å²) in [5.41, 5.74) is 4.37. The molecular formula is C28H29NO7. The second-order valence-corrected chi connectivity index (χ2v) is 9.03. The molecule has 0 bridgehead atoms. The quantitative estimate of drug-likeness (QED) is 0.460. The highest BCUT2D eigenvalue weighted by atomic mass is 16.7. The minimum Gasteiger partial charge on any atom is -0.497 e. The van der Waals surface area contributed by atoms with Gasteiger partial charge in [0.15, 0.2) is 17.3 Å². The van der Waals surface area contributed by atoms with E-state index < -0.39 is 11.9 Å². The molecule has 2 heterocycles. The first kappa shape index (κ1) is 23.9. The SMILES string of the molecule is COCCOC(=O)C1=C(C)NC2=C(C(=O)C[C@H](c3ccc(OC)cc3)C2)[C@H]1c1ccc2c(c1)OCO2. The van der Waals surface area contributed by atoms with Gasteiger partial charge in [0.05, 0.1) is 19.3 Å². The fraction of sp³-hybridized carbons (Fsp3) is 0.357. The van der Waals surface area contributed by atoms with Crippen LogP contribution in [0.1, 0.15) is 42.7 Å². The van der Waals surface area contributed by atoms with Crippen LogP contribution in [0.15, 0.2) is 65.0 Å². The molecule has 1 N–H and O–H groups in total. The molecule has 0 aromatic heterocycles. The Kier molecular flexibility index (Phi) is 6.69. The van der Waals surface area contributed by atoms with Gasteiger partial charge in [-0.25, -0.2) is 4.79 Å². The average Bonchev–Trinajstić information content (AvgIpc) is 3.36. The second-order valence-electron chi connectivity index (χ2n) is 9.03. The summed E-state index contributed by atoms with van der Waals surface area (Å²) < 4.78 is 26.9. The minimum atomic E-state index is -0.574. The van der Waals surface area contributed by atoms with Crippen molar-refractivity contribution in [2.45, 2.75) is 31.6 Å². The summed E-state index contributed by atoms with van der Waals surface area (Å²) in [5, 5.41) is 3.37. The van der Waals surface area contributed by atoms with Crippen LogP contribution in [-0.2, 0) is 19.1 Å². The fourth-order valence-corrected chi connectivity index (χ4v) is 5.14. The monoisotopic (exact) mass is 491 g/mol. The number of benzene rings is 2. The Morgan fingerprint density at radius 3 is 2.50 bits per heavy atom. The van der Waals surface area contributed by atoms with Gasteiger partial charge in [-0.2, -0.15) is 0 Å². The van der Waals surface area contributed by atoms with E-state index in [1.165, 1.54) is 0 Å². The Morgan fingerprint density at radius 2 is 1.75 bits per heavy atom. The van der Waals surface area contributed by atoms with Crippen molar-refractivity contribution in [1.82, 2.24) is 5.32 Å². The van der Waals surface area contributed by atoms with E-state index in [0.29, 0.717) is 41.2 Å². The molecule has 0 spiro atoms. The maximum atomic E-state index is 13.7. The van der Waals surface area contributed by atoms with E-state index in [-0.39, 0.29) is 31.7 Å². The molecule has 188 valence electrons. The van der Waals surface area contributed by atoms with Crippen LogP contribution in [0.5, 0.6) is 17.2 Å². The fourth-order valence-electron chi connectivity index (χ4n) is 5.14. The Bertz CT molecular complexity index is 1250. The van der Waals surface area contributed by atoms with Crippen molar-refractivity contribution in [3.63, 3.8) is 0 Å². The zero-order valence-corrected chi connectivity index (χ0v) is 20.6. The summed E-state index contributed by atoms with van der Waals surface area (Å²) in [4.78, 5) is 27.0. The minimum absolute atomic E-state index is 0.00178. The number of hydrogen-bond acceptors (Lipinski definition) is 8. The Hall–Kier alpha value is -3.78. The summed E-state index contributed by atoms with van der Waals surface area (Å²) in [5.74, 6) is 0.983. The van der Waals surface area contributed by atoms with Gasteiger partial charge >= 0.3 is 5.97 Å². The Morgan fingerprint density at radius 1 is 1.00 bits per heavy atom. The van der Waals surface area contributed by atoms with Crippen LogP contribution in [0, 0.1) is 0 Å². The molecule has 1 aliphatic carbocycles. The van der Waals surface area contributed by atoms with E-state index in [1.54, 1.807) is 14.2 Å². The number of methoxy groups -OCH3 is 2. The van der Waals surface area contributed by atoms with Crippen molar-refractivity contribution >= 4 is 11.8 Å². The number of carbonyl (C=O) groups is 2. The zero-order valence-electron chi connectivity index (χ0n) is 20.6. The lowest BCUT2D eigenvalue weighted by Gasteiger charge is -2.36. The Balaban J connectivity index is 1.53. The maximum Gasteiger partial charge on any atom is 0.336 e. The number of fused-ring (bicyclic) bond motifs is 1. The summed E-state index contributed by atoms with van der Waals surface area (Å²) in [7, 11) is 3.18. The molecule has 2 aromatic carbocycles. The third kappa shape index (κ3) is 4.44. The summed E-state index contributed by atoms with van der Waals surface area (Å²) in [6, 6.07) is 13.4. The largest absolute Gasteiger partial charge is 0.497 e. The van der Waals surface area contributed by atoms with Gasteiger partial charge in [-0.15, -0.1) is 0 Å². The molecule has 8 nitrogen and oxygen atoms in total. The van der Waals surface area contributed by atoms with E-state index in [0.717, 1.165) is 22.6 Å². The van der Waals surface area contributed by atoms with Crippen molar-refractivity contribution < 1.29 is 33.3 Å². The van der Waals surface area contributed by atoms with Gasteiger partial charge in [-0.1, -0.05) is 18.2 Å². The van der Waals surface area contributed by atoms with Gasteiger partial charge < -0.3 is 29.0 Å². The standard InChI is InChI=1S/C28H29NO7/c1-16-25(28(31)34-11-10-32-2)26(18-6-9-23-24(14-18)36-15-35-23)27-21(29-16)12-19(13-22(27)30)17-4-7-20(33-3)8-5-17/h4-9,14,19,26,29H,10-13,15H2,1-3H3/t19-,26+/m1/s1. The molecule has 0 fully saturated rings. The van der Waals surface area contributed by atoms with Crippen LogP contribution in [0.4, 0.5) is 0 Å². The molecule has 0 saturated heterocycles. The van der Waals surface area contributed by atoms with E-state index in [4.69, 9.17) is 23.7 Å². The zero-order chi connectivity index (χ0) is 25.2. The normalized spacial score (nSPS) is 20.7. The van der Waals surface area contributed by atoms with Crippen LogP contribution in [0.25, 0.3) is 0 Å². The number of dihydropyridines is 1. The highest BCUT2D eigenvalue weighted by Crippen LogP contribution is 2.47. The lowest BCUT2D eigenvalue weighted by atomic mass is 9.71. The lowest BCUT2D eigenvalue weighted by Crippen LogP contribution is -2.36. The van der Waals surface area contributed by atoms with Gasteiger partial charge in [0.2, 0.25) is 6.79 Å². The van der Waals surface area contributed by atoms with Gasteiger partial charge in [0.25, 0.3) is 0 Å². The van der Waals surface area contributed by atoms with Crippen molar-refractivity contribution in [2.24, 2.45) is 0 Å². The first-order chi connectivity index (χ1) is 17.5. The molecule has 0 saturated carbocycles. The number of Topliss-reactive ketones (excluding diaryl/α,β-unsaturated/α-hetero) is 1. The smallest absolute Gasteiger partial charge is 0.336 e. The topological polar surface area (TPSA) is 92.3 Å². The van der Waals surface area contributed by atoms with E-state index >= 15 is 0 Å². The molecule has 0 amide bonds. The number of ether oxygens (including phenoxy) is 5. The number of rotatable bonds is 7. The number of ketones is 1. The van der Waals surface area contributed by atoms with Crippen LogP contribution < -0.4 is 19.5 Å². The number of carbonyl (C=O) groups excluding carboxylic acids is 2. The van der Waals surface area contributed by atoms with Crippen molar-refractivity contribution in [3.05, 3.63) is 76.1 Å². The van der Waals surface area contributed by atoms with Crippen LogP contribution in [-0.4, -0.2) is 46.0 Å². The third-order valence-electron chi connectivity index (χ3n) is 6.89. The molecule has 8 heteroatoms. The molecule has 3 aliphatic rings. The maximum absolute atomic E-state index is 13.7. The summed E-state index contributed by atoms with van der Waals surface area (Å²) in [6.45, 7) is 2.40. The van der Waals surface area contributed by atoms with Crippen LogP contribution in [0.3, 0.4) is 0 Å². The van der Waals surface area contributed by atoms with Crippen molar-refractivity contribution in [3.8, 4) is 17.2 Å². The average molecular weight is 492 g/mol.